The maximum absolute atomic E-state index is 5.98. The second kappa shape index (κ2) is 6.12. The molecule has 1 saturated heterocycles. The third-order valence-electron chi connectivity index (χ3n) is 3.51. The van der Waals surface area contributed by atoms with Crippen LogP contribution in [0.1, 0.15) is 18.7 Å². The van der Waals surface area contributed by atoms with Gasteiger partial charge in [-0.3, -0.25) is 0 Å². The van der Waals surface area contributed by atoms with Crippen LogP contribution in [0.4, 0.5) is 0 Å². The Morgan fingerprint density at radius 1 is 1.15 bits per heavy atom. The molecule has 0 saturated carbocycles. The quantitative estimate of drug-likeness (QED) is 0.941. The summed E-state index contributed by atoms with van der Waals surface area (Å²) in [6, 6.07) is 5.25. The maximum Gasteiger partial charge on any atom is 0.227 e. The Kier molecular flexibility index (Phi) is 4.24. The number of nitrogens with one attached hydrogen (secondary N) is 1. The molecule has 1 aliphatic heterocycles. The molecular weight excluding hydrogens is 297 g/mol. The lowest BCUT2D eigenvalue weighted by Crippen LogP contribution is -2.28. The Morgan fingerprint density at radius 3 is 2.55 bits per heavy atom. The summed E-state index contributed by atoms with van der Waals surface area (Å²) in [7, 11) is 0. The lowest BCUT2D eigenvalue weighted by molar-refractivity contribution is 0.313. The zero-order chi connectivity index (χ0) is 13.9. The van der Waals surface area contributed by atoms with Crippen LogP contribution in [0.5, 0.6) is 0 Å². The number of rotatable bonds is 3. The summed E-state index contributed by atoms with van der Waals surface area (Å²) in [5, 5.41) is 8.50. The standard InChI is InChI=1S/C14H15Cl2N3O/c15-11-6-10(7-12(16)8-11)14-18-13(20-19-14)5-9-1-3-17-4-2-9/h6-9,17H,1-5H2. The number of piperidine rings is 1. The zero-order valence-electron chi connectivity index (χ0n) is 10.9. The van der Waals surface area contributed by atoms with Crippen LogP contribution in [-0.4, -0.2) is 23.2 Å². The molecular formula is C14H15Cl2N3O. The summed E-state index contributed by atoms with van der Waals surface area (Å²) < 4.78 is 5.33. The van der Waals surface area contributed by atoms with Gasteiger partial charge in [0.2, 0.25) is 11.7 Å². The molecule has 1 aliphatic rings. The van der Waals surface area contributed by atoms with Crippen molar-refractivity contribution < 1.29 is 4.52 Å². The Morgan fingerprint density at radius 2 is 1.85 bits per heavy atom. The van der Waals surface area contributed by atoms with E-state index >= 15 is 0 Å². The predicted molar refractivity (Wildman–Crippen MR) is 79.1 cm³/mol. The molecule has 6 heteroatoms. The summed E-state index contributed by atoms with van der Waals surface area (Å²) in [6.07, 6.45) is 3.14. The fraction of sp³-hybridized carbons (Fsp3) is 0.429. The van der Waals surface area contributed by atoms with Crippen molar-refractivity contribution in [1.29, 1.82) is 0 Å². The minimum absolute atomic E-state index is 0.540. The van der Waals surface area contributed by atoms with Gasteiger partial charge in [0.1, 0.15) is 0 Å². The molecule has 1 aromatic carbocycles. The van der Waals surface area contributed by atoms with Crippen molar-refractivity contribution in [2.45, 2.75) is 19.3 Å². The highest BCUT2D eigenvalue weighted by atomic mass is 35.5. The van der Waals surface area contributed by atoms with Crippen LogP contribution in [0.3, 0.4) is 0 Å². The van der Waals surface area contributed by atoms with Crippen molar-refractivity contribution in [2.75, 3.05) is 13.1 Å². The first-order valence-corrected chi connectivity index (χ1v) is 7.46. The number of aromatic nitrogens is 2. The van der Waals surface area contributed by atoms with Gasteiger partial charge in [-0.2, -0.15) is 4.98 Å². The van der Waals surface area contributed by atoms with Gasteiger partial charge in [-0.15, -0.1) is 0 Å². The molecule has 1 N–H and O–H groups in total. The highest BCUT2D eigenvalue weighted by Gasteiger charge is 2.18. The van der Waals surface area contributed by atoms with E-state index in [1.165, 1.54) is 0 Å². The third-order valence-corrected chi connectivity index (χ3v) is 3.95. The molecule has 0 bridgehead atoms. The molecule has 0 spiro atoms. The van der Waals surface area contributed by atoms with Gasteiger partial charge >= 0.3 is 0 Å². The van der Waals surface area contributed by atoms with E-state index in [9.17, 15) is 0 Å². The first kappa shape index (κ1) is 13.9. The topological polar surface area (TPSA) is 51.0 Å². The fourth-order valence-electron chi connectivity index (χ4n) is 2.47. The molecule has 2 heterocycles. The first-order valence-electron chi connectivity index (χ1n) is 6.70. The average Bonchev–Trinajstić information content (AvgIpc) is 2.87. The normalized spacial score (nSPS) is 16.5. The molecule has 2 aromatic rings. The average molecular weight is 312 g/mol. The predicted octanol–water partition coefficient (Wildman–Crippen LogP) is 3.59. The Labute approximate surface area is 127 Å². The number of hydrogen-bond acceptors (Lipinski definition) is 4. The van der Waals surface area contributed by atoms with Gasteiger partial charge in [0.05, 0.1) is 0 Å². The largest absolute Gasteiger partial charge is 0.339 e. The minimum Gasteiger partial charge on any atom is -0.339 e. The number of benzene rings is 1. The van der Waals surface area contributed by atoms with Crippen LogP contribution < -0.4 is 5.32 Å². The molecule has 1 aromatic heterocycles. The number of halogens is 2. The lowest BCUT2D eigenvalue weighted by Gasteiger charge is -2.20. The van der Waals surface area contributed by atoms with E-state index in [2.05, 4.69) is 15.5 Å². The van der Waals surface area contributed by atoms with Crippen molar-refractivity contribution in [3.8, 4) is 11.4 Å². The smallest absolute Gasteiger partial charge is 0.227 e. The summed E-state index contributed by atoms with van der Waals surface area (Å²) in [6.45, 7) is 2.13. The van der Waals surface area contributed by atoms with Crippen molar-refractivity contribution in [1.82, 2.24) is 15.5 Å². The van der Waals surface area contributed by atoms with Crippen molar-refractivity contribution >= 4 is 23.2 Å². The summed E-state index contributed by atoms with van der Waals surface area (Å²) in [5.41, 5.74) is 0.780. The minimum atomic E-state index is 0.540. The van der Waals surface area contributed by atoms with Gasteiger partial charge in [0.25, 0.3) is 0 Å². The van der Waals surface area contributed by atoms with Gasteiger partial charge in [-0.25, -0.2) is 0 Å². The van der Waals surface area contributed by atoms with Gasteiger partial charge in [-0.05, 0) is 50.0 Å². The monoisotopic (exact) mass is 311 g/mol. The van der Waals surface area contributed by atoms with Crippen LogP contribution in [0, 0.1) is 5.92 Å². The maximum atomic E-state index is 5.98. The van der Waals surface area contributed by atoms with Gasteiger partial charge in [0, 0.05) is 22.0 Å². The molecule has 106 valence electrons. The van der Waals surface area contributed by atoms with E-state index in [0.29, 0.717) is 27.7 Å². The zero-order valence-corrected chi connectivity index (χ0v) is 12.4. The second-order valence-electron chi connectivity index (χ2n) is 5.07. The van der Waals surface area contributed by atoms with E-state index in [1.54, 1.807) is 18.2 Å². The first-order chi connectivity index (χ1) is 9.70. The van der Waals surface area contributed by atoms with Crippen molar-refractivity contribution in [3.05, 3.63) is 34.1 Å². The Hall–Kier alpha value is -1.10. The molecule has 0 radical (unpaired) electrons. The molecule has 0 unspecified atom stereocenters. The molecule has 0 aliphatic carbocycles. The van der Waals surface area contributed by atoms with E-state index in [4.69, 9.17) is 27.7 Å². The van der Waals surface area contributed by atoms with Crippen LogP contribution in [0.25, 0.3) is 11.4 Å². The third kappa shape index (κ3) is 3.32. The van der Waals surface area contributed by atoms with Gasteiger partial charge in [-0.1, -0.05) is 28.4 Å². The van der Waals surface area contributed by atoms with Crippen LogP contribution in [0.2, 0.25) is 10.0 Å². The Balaban J connectivity index is 1.75. The van der Waals surface area contributed by atoms with Crippen LogP contribution in [0.15, 0.2) is 22.7 Å². The molecule has 20 heavy (non-hydrogen) atoms. The second-order valence-corrected chi connectivity index (χ2v) is 5.94. The highest BCUT2D eigenvalue weighted by molar-refractivity contribution is 6.35. The molecule has 0 atom stereocenters. The summed E-state index contributed by atoms with van der Waals surface area (Å²) >= 11 is 12.0. The number of nitrogens with zero attached hydrogens (tertiary/aromatic N) is 2. The van der Waals surface area contributed by atoms with E-state index in [1.807, 2.05) is 0 Å². The summed E-state index contributed by atoms with van der Waals surface area (Å²) in [4.78, 5) is 4.44. The van der Waals surface area contributed by atoms with Crippen molar-refractivity contribution in [2.24, 2.45) is 5.92 Å². The molecule has 0 amide bonds. The van der Waals surface area contributed by atoms with E-state index in [-0.39, 0.29) is 0 Å². The van der Waals surface area contributed by atoms with Gasteiger partial charge in [0.15, 0.2) is 0 Å². The molecule has 1 fully saturated rings. The Bertz CT molecular complexity index is 574. The van der Waals surface area contributed by atoms with E-state index < -0.39 is 0 Å². The van der Waals surface area contributed by atoms with Gasteiger partial charge < -0.3 is 9.84 Å². The number of hydrogen-bond donors (Lipinski definition) is 1. The van der Waals surface area contributed by atoms with Crippen molar-refractivity contribution in [3.63, 3.8) is 0 Å². The molecule has 4 nitrogen and oxygen atoms in total. The van der Waals surface area contributed by atoms with E-state index in [0.717, 1.165) is 37.9 Å². The highest BCUT2D eigenvalue weighted by Crippen LogP contribution is 2.26. The SMILES string of the molecule is Clc1cc(Cl)cc(-c2noc(CC3CCNCC3)n2)c1. The fourth-order valence-corrected chi connectivity index (χ4v) is 3.00. The lowest BCUT2D eigenvalue weighted by atomic mass is 9.95. The van der Waals surface area contributed by atoms with Crippen LogP contribution >= 0.6 is 23.2 Å². The van der Waals surface area contributed by atoms with Crippen LogP contribution in [-0.2, 0) is 6.42 Å². The molecule has 3 rings (SSSR count). The summed E-state index contributed by atoms with van der Waals surface area (Å²) in [5.74, 6) is 1.84.